The van der Waals surface area contributed by atoms with Gasteiger partial charge in [-0.15, -0.1) is 0 Å². The molecule has 4 heteroatoms. The van der Waals surface area contributed by atoms with E-state index in [0.717, 1.165) is 21.5 Å². The van der Waals surface area contributed by atoms with Crippen molar-refractivity contribution in [2.75, 3.05) is 13.7 Å². The van der Waals surface area contributed by atoms with E-state index in [-0.39, 0.29) is 6.04 Å². The van der Waals surface area contributed by atoms with Crippen molar-refractivity contribution in [1.82, 2.24) is 5.32 Å². The van der Waals surface area contributed by atoms with Gasteiger partial charge in [-0.3, -0.25) is 0 Å². The second-order valence-corrected chi connectivity index (χ2v) is 4.77. The fourth-order valence-corrected chi connectivity index (χ4v) is 2.32. The van der Waals surface area contributed by atoms with E-state index >= 15 is 0 Å². The monoisotopic (exact) mass is 309 g/mol. The molecule has 2 aromatic rings. The molecule has 2 rings (SSSR count). The van der Waals surface area contributed by atoms with Gasteiger partial charge < -0.3 is 14.5 Å². The van der Waals surface area contributed by atoms with Crippen LogP contribution >= 0.6 is 15.9 Å². The first-order valence-corrected chi connectivity index (χ1v) is 6.68. The van der Waals surface area contributed by atoms with Crippen LogP contribution in [0.15, 0.2) is 45.5 Å². The summed E-state index contributed by atoms with van der Waals surface area (Å²) in [6.07, 6.45) is 1.68. The predicted octanol–water partition coefficient (Wildman–Crippen LogP) is 3.75. The molecule has 0 saturated heterocycles. The van der Waals surface area contributed by atoms with Gasteiger partial charge in [0.1, 0.15) is 11.5 Å². The van der Waals surface area contributed by atoms with E-state index in [4.69, 9.17) is 9.15 Å². The van der Waals surface area contributed by atoms with Crippen LogP contribution in [0.1, 0.15) is 24.3 Å². The van der Waals surface area contributed by atoms with Crippen molar-refractivity contribution in [3.63, 3.8) is 0 Å². The second kappa shape index (κ2) is 6.07. The normalized spacial score (nSPS) is 12.4. The van der Waals surface area contributed by atoms with Crippen molar-refractivity contribution in [3.8, 4) is 5.75 Å². The molecule has 0 radical (unpaired) electrons. The molecule has 0 fully saturated rings. The average molecular weight is 310 g/mol. The molecule has 1 atom stereocenters. The second-order valence-electron chi connectivity index (χ2n) is 3.85. The molecule has 0 amide bonds. The van der Waals surface area contributed by atoms with Crippen molar-refractivity contribution < 1.29 is 9.15 Å². The van der Waals surface area contributed by atoms with Crippen LogP contribution in [0.5, 0.6) is 5.75 Å². The third-order valence-corrected chi connectivity index (χ3v) is 3.19. The molecule has 1 heterocycles. The van der Waals surface area contributed by atoms with Crippen molar-refractivity contribution >= 4 is 15.9 Å². The van der Waals surface area contributed by atoms with Crippen LogP contribution in [0, 0.1) is 0 Å². The molecule has 18 heavy (non-hydrogen) atoms. The molecular formula is C14H16BrNO2. The van der Waals surface area contributed by atoms with Gasteiger partial charge in [-0.2, -0.15) is 0 Å². The smallest absolute Gasteiger partial charge is 0.125 e. The summed E-state index contributed by atoms with van der Waals surface area (Å²) in [6, 6.07) is 9.82. The van der Waals surface area contributed by atoms with Crippen molar-refractivity contribution in [1.29, 1.82) is 0 Å². The fraction of sp³-hybridized carbons (Fsp3) is 0.286. The minimum atomic E-state index is -0.0148. The van der Waals surface area contributed by atoms with Gasteiger partial charge in [0.25, 0.3) is 0 Å². The maximum absolute atomic E-state index is 5.67. The van der Waals surface area contributed by atoms with Crippen LogP contribution in [0.2, 0.25) is 0 Å². The molecule has 0 bridgehead atoms. The summed E-state index contributed by atoms with van der Waals surface area (Å²) in [5.41, 5.74) is 1.06. The lowest BCUT2D eigenvalue weighted by molar-refractivity contribution is 0.331. The summed E-state index contributed by atoms with van der Waals surface area (Å²) in [7, 11) is 1.91. The molecule has 1 N–H and O–H groups in total. The number of halogens is 1. The summed E-state index contributed by atoms with van der Waals surface area (Å²) in [5, 5.41) is 3.25. The number of hydrogen-bond acceptors (Lipinski definition) is 3. The third-order valence-electron chi connectivity index (χ3n) is 2.70. The Bertz CT molecular complexity index is 497. The zero-order chi connectivity index (χ0) is 13.0. The topological polar surface area (TPSA) is 34.4 Å². The van der Waals surface area contributed by atoms with Gasteiger partial charge >= 0.3 is 0 Å². The Morgan fingerprint density at radius 1 is 1.39 bits per heavy atom. The van der Waals surface area contributed by atoms with Crippen LogP contribution in [-0.2, 0) is 0 Å². The van der Waals surface area contributed by atoms with E-state index < -0.39 is 0 Å². The average Bonchev–Trinajstić information content (AvgIpc) is 2.87. The number of rotatable bonds is 5. The first-order chi connectivity index (χ1) is 8.76. The van der Waals surface area contributed by atoms with Crippen LogP contribution < -0.4 is 10.1 Å². The quantitative estimate of drug-likeness (QED) is 0.913. The van der Waals surface area contributed by atoms with Crippen molar-refractivity contribution in [2.24, 2.45) is 0 Å². The van der Waals surface area contributed by atoms with Crippen molar-refractivity contribution in [2.45, 2.75) is 13.0 Å². The zero-order valence-electron chi connectivity index (χ0n) is 10.4. The Hall–Kier alpha value is -1.26. The highest BCUT2D eigenvalue weighted by atomic mass is 79.9. The maximum Gasteiger partial charge on any atom is 0.125 e. The summed E-state index contributed by atoms with van der Waals surface area (Å²) in [6.45, 7) is 2.62. The van der Waals surface area contributed by atoms with Gasteiger partial charge in [-0.25, -0.2) is 0 Å². The molecule has 1 aromatic heterocycles. The fourth-order valence-electron chi connectivity index (χ4n) is 1.94. The largest absolute Gasteiger partial charge is 0.494 e. The summed E-state index contributed by atoms with van der Waals surface area (Å²) >= 11 is 3.49. The molecule has 0 aliphatic heterocycles. The number of ether oxygens (including phenoxy) is 1. The lowest BCUT2D eigenvalue weighted by atomic mass is 10.0. The molecule has 0 spiro atoms. The van der Waals surface area contributed by atoms with Gasteiger partial charge in [0.05, 0.1) is 18.9 Å². The van der Waals surface area contributed by atoms with Gasteiger partial charge in [-0.1, -0.05) is 15.9 Å². The highest BCUT2D eigenvalue weighted by molar-refractivity contribution is 9.10. The van der Waals surface area contributed by atoms with Gasteiger partial charge in [0.2, 0.25) is 0 Å². The van der Waals surface area contributed by atoms with Gasteiger partial charge in [-0.05, 0) is 44.3 Å². The lowest BCUT2D eigenvalue weighted by Crippen LogP contribution is -2.18. The van der Waals surface area contributed by atoms with Gasteiger partial charge in [0, 0.05) is 10.0 Å². The van der Waals surface area contributed by atoms with Crippen molar-refractivity contribution in [3.05, 3.63) is 52.4 Å². The van der Waals surface area contributed by atoms with Gasteiger partial charge in [0.15, 0.2) is 0 Å². The molecule has 0 saturated carbocycles. The van der Waals surface area contributed by atoms with E-state index in [9.17, 15) is 0 Å². The third kappa shape index (κ3) is 2.76. The van der Waals surface area contributed by atoms with E-state index in [2.05, 4.69) is 27.3 Å². The number of furan rings is 1. The predicted molar refractivity (Wildman–Crippen MR) is 74.9 cm³/mol. The Morgan fingerprint density at radius 3 is 2.83 bits per heavy atom. The Kier molecular flexibility index (Phi) is 4.44. The highest BCUT2D eigenvalue weighted by Gasteiger charge is 2.19. The van der Waals surface area contributed by atoms with Crippen LogP contribution in [0.25, 0.3) is 0 Å². The van der Waals surface area contributed by atoms with E-state index in [1.165, 1.54) is 0 Å². The Balaban J connectivity index is 2.43. The molecular weight excluding hydrogens is 294 g/mol. The molecule has 0 aliphatic rings. The minimum absolute atomic E-state index is 0.0148. The molecule has 0 aliphatic carbocycles. The summed E-state index contributed by atoms with van der Waals surface area (Å²) in [4.78, 5) is 0. The molecule has 1 aromatic carbocycles. The van der Waals surface area contributed by atoms with E-state index in [1.807, 2.05) is 38.2 Å². The standard InChI is InChI=1S/C14H16BrNO2/c1-3-17-12-7-6-10(15)9-11(12)14(16-2)13-5-4-8-18-13/h4-9,14,16H,3H2,1-2H3. The highest BCUT2D eigenvalue weighted by Crippen LogP contribution is 2.32. The first kappa shape index (κ1) is 13.2. The van der Waals surface area contributed by atoms with Crippen LogP contribution in [-0.4, -0.2) is 13.7 Å². The summed E-state index contributed by atoms with van der Waals surface area (Å²) < 4.78 is 12.2. The first-order valence-electron chi connectivity index (χ1n) is 5.89. The van der Waals surface area contributed by atoms with E-state index in [0.29, 0.717) is 6.61 Å². The number of hydrogen-bond donors (Lipinski definition) is 1. The molecule has 1 unspecified atom stereocenters. The summed E-state index contributed by atoms with van der Waals surface area (Å²) in [5.74, 6) is 1.74. The Morgan fingerprint density at radius 2 is 2.22 bits per heavy atom. The van der Waals surface area contributed by atoms with Crippen LogP contribution in [0.4, 0.5) is 0 Å². The van der Waals surface area contributed by atoms with Crippen LogP contribution in [0.3, 0.4) is 0 Å². The zero-order valence-corrected chi connectivity index (χ0v) is 12.0. The number of nitrogens with one attached hydrogen (secondary N) is 1. The molecule has 3 nitrogen and oxygen atoms in total. The molecule has 96 valence electrons. The Labute approximate surface area is 115 Å². The lowest BCUT2D eigenvalue weighted by Gasteiger charge is -2.18. The maximum atomic E-state index is 5.67. The minimum Gasteiger partial charge on any atom is -0.494 e. The van der Waals surface area contributed by atoms with E-state index in [1.54, 1.807) is 6.26 Å². The SMILES string of the molecule is CCOc1ccc(Br)cc1C(NC)c1ccco1. The number of benzene rings is 1.